The molecule has 0 radical (unpaired) electrons. The molecule has 0 N–H and O–H groups in total. The van der Waals surface area contributed by atoms with Gasteiger partial charge in [0.1, 0.15) is 0 Å². The first-order valence-electron chi connectivity index (χ1n) is 5.85. The maximum Gasteiger partial charge on any atom is 0.243 e. The molecule has 0 saturated carbocycles. The Morgan fingerprint density at radius 1 is 1.25 bits per heavy atom. The van der Waals surface area contributed by atoms with Gasteiger partial charge in [0, 0.05) is 27.4 Å². The number of benzene rings is 1. The molecule has 7 heteroatoms. The van der Waals surface area contributed by atoms with Gasteiger partial charge < -0.3 is 0 Å². The fourth-order valence-corrected chi connectivity index (χ4v) is 5.27. The molecule has 0 aliphatic carbocycles. The molecule has 0 bridgehead atoms. The number of hydrogen-bond acceptors (Lipinski definition) is 3. The van der Waals surface area contributed by atoms with Crippen molar-refractivity contribution in [2.45, 2.75) is 11.3 Å². The van der Waals surface area contributed by atoms with Crippen molar-refractivity contribution in [3.63, 3.8) is 0 Å². The Morgan fingerprint density at radius 2 is 2.00 bits per heavy atom. The highest BCUT2D eigenvalue weighted by atomic mass is 79.9. The number of rotatable bonds is 5. The van der Waals surface area contributed by atoms with Gasteiger partial charge in [0.2, 0.25) is 10.0 Å². The van der Waals surface area contributed by atoms with Crippen molar-refractivity contribution >= 4 is 53.2 Å². The van der Waals surface area contributed by atoms with E-state index >= 15 is 0 Å². The Bertz CT molecular complexity index is 684. The summed E-state index contributed by atoms with van der Waals surface area (Å²) in [5.74, 6) is 0. The predicted molar refractivity (Wildman–Crippen MR) is 89.7 cm³/mol. The van der Waals surface area contributed by atoms with Gasteiger partial charge in [0.25, 0.3) is 0 Å². The summed E-state index contributed by atoms with van der Waals surface area (Å²) in [5, 5.41) is 2.00. The minimum absolute atomic E-state index is 0.286. The normalized spacial score (nSPS) is 12.0. The minimum Gasteiger partial charge on any atom is -0.207 e. The molecule has 0 atom stereocenters. The Labute approximate surface area is 139 Å². The molecule has 0 unspecified atom stereocenters. The third-order valence-electron chi connectivity index (χ3n) is 2.84. The van der Waals surface area contributed by atoms with Crippen molar-refractivity contribution in [3.8, 4) is 0 Å². The summed E-state index contributed by atoms with van der Waals surface area (Å²) < 4.78 is 27.8. The quantitative estimate of drug-likeness (QED) is 0.703. The molecule has 1 aromatic carbocycles. The molecule has 108 valence electrons. The van der Waals surface area contributed by atoms with Gasteiger partial charge in [-0.3, -0.25) is 0 Å². The van der Waals surface area contributed by atoms with Gasteiger partial charge in [-0.2, -0.15) is 0 Å². The van der Waals surface area contributed by atoms with Gasteiger partial charge in [-0.05, 0) is 52.0 Å². The van der Waals surface area contributed by atoms with Crippen LogP contribution in [0.5, 0.6) is 0 Å². The molecule has 0 saturated heterocycles. The third-order valence-corrected chi connectivity index (χ3v) is 7.10. The third kappa shape index (κ3) is 3.71. The van der Waals surface area contributed by atoms with Crippen LogP contribution in [0.15, 0.2) is 49.6 Å². The maximum atomic E-state index is 12.5. The van der Waals surface area contributed by atoms with E-state index < -0.39 is 10.0 Å². The van der Waals surface area contributed by atoms with Crippen LogP contribution in [0.4, 0.5) is 0 Å². The summed E-state index contributed by atoms with van der Waals surface area (Å²) in [6.07, 6.45) is 0.724. The summed E-state index contributed by atoms with van der Waals surface area (Å²) >= 11 is 8.27. The van der Waals surface area contributed by atoms with Gasteiger partial charge in [-0.1, -0.05) is 22.0 Å². The number of halogens is 2. The fourth-order valence-electron chi connectivity index (χ4n) is 1.69. The lowest BCUT2D eigenvalue weighted by molar-refractivity contribution is 0.473. The molecule has 0 aliphatic rings. The summed E-state index contributed by atoms with van der Waals surface area (Å²) in [5.41, 5.74) is 0. The van der Waals surface area contributed by atoms with E-state index in [-0.39, 0.29) is 4.90 Å². The van der Waals surface area contributed by atoms with E-state index in [0.717, 1.165) is 10.9 Å². The second-order valence-electron chi connectivity index (χ2n) is 4.23. The monoisotopic (exact) mass is 437 g/mol. The van der Waals surface area contributed by atoms with E-state index in [0.29, 0.717) is 11.0 Å². The molecule has 1 aromatic heterocycles. The summed E-state index contributed by atoms with van der Waals surface area (Å²) in [6.45, 7) is 0.464. The summed E-state index contributed by atoms with van der Waals surface area (Å²) in [4.78, 5) is 1.47. The Balaban J connectivity index is 2.16. The first-order chi connectivity index (χ1) is 9.41. The van der Waals surface area contributed by atoms with Crippen molar-refractivity contribution in [2.75, 3.05) is 13.6 Å². The van der Waals surface area contributed by atoms with Crippen LogP contribution in [-0.4, -0.2) is 26.3 Å². The largest absolute Gasteiger partial charge is 0.243 e. The van der Waals surface area contributed by atoms with Crippen molar-refractivity contribution in [1.82, 2.24) is 4.31 Å². The van der Waals surface area contributed by atoms with E-state index in [9.17, 15) is 8.42 Å². The Hall–Kier alpha value is -0.210. The predicted octanol–water partition coefficient (Wildman–Crippen LogP) is 4.14. The minimum atomic E-state index is -3.47. The highest BCUT2D eigenvalue weighted by molar-refractivity contribution is 9.11. The van der Waals surface area contributed by atoms with Crippen LogP contribution in [0, 0.1) is 0 Å². The number of likely N-dealkylation sites (N-methyl/N-ethyl adjacent to an activating group) is 1. The van der Waals surface area contributed by atoms with Crippen LogP contribution in [0.3, 0.4) is 0 Å². The zero-order valence-electron chi connectivity index (χ0n) is 10.7. The molecular weight excluding hydrogens is 426 g/mol. The fraction of sp³-hybridized carbons (Fsp3) is 0.231. The van der Waals surface area contributed by atoms with Gasteiger partial charge in [0.15, 0.2) is 0 Å². The van der Waals surface area contributed by atoms with Crippen LogP contribution >= 0.6 is 43.2 Å². The number of nitrogens with zero attached hydrogens (tertiary/aromatic N) is 1. The van der Waals surface area contributed by atoms with Crippen LogP contribution in [0.25, 0.3) is 0 Å². The molecule has 0 fully saturated rings. The number of sulfonamides is 1. The molecule has 0 aliphatic heterocycles. The van der Waals surface area contributed by atoms with Crippen molar-refractivity contribution in [3.05, 3.63) is 49.5 Å². The number of hydrogen-bond donors (Lipinski definition) is 0. The molecule has 2 rings (SSSR count). The highest BCUT2D eigenvalue weighted by Gasteiger charge is 2.23. The van der Waals surface area contributed by atoms with Crippen molar-refractivity contribution < 1.29 is 8.42 Å². The van der Waals surface area contributed by atoms with E-state index in [4.69, 9.17) is 0 Å². The van der Waals surface area contributed by atoms with Gasteiger partial charge in [-0.15, -0.1) is 11.3 Å². The van der Waals surface area contributed by atoms with Gasteiger partial charge in [0.05, 0.1) is 4.90 Å². The van der Waals surface area contributed by atoms with Crippen LogP contribution in [-0.2, 0) is 16.4 Å². The number of thiophene rings is 1. The zero-order chi connectivity index (χ0) is 14.8. The Morgan fingerprint density at radius 3 is 2.60 bits per heavy atom. The van der Waals surface area contributed by atoms with Crippen LogP contribution in [0.2, 0.25) is 0 Å². The van der Waals surface area contributed by atoms with E-state index in [1.165, 1.54) is 9.18 Å². The van der Waals surface area contributed by atoms with Crippen molar-refractivity contribution in [2.24, 2.45) is 0 Å². The average molecular weight is 439 g/mol. The van der Waals surface area contributed by atoms with E-state index in [1.807, 2.05) is 17.5 Å². The lowest BCUT2D eigenvalue weighted by Crippen LogP contribution is -2.29. The van der Waals surface area contributed by atoms with E-state index in [2.05, 4.69) is 31.9 Å². The molecular formula is C13H13Br2NO2S2. The SMILES string of the molecule is CN(CCc1cccs1)S(=O)(=O)c1ccc(Br)cc1Br. The lowest BCUT2D eigenvalue weighted by Gasteiger charge is -2.17. The molecule has 20 heavy (non-hydrogen) atoms. The lowest BCUT2D eigenvalue weighted by atomic mass is 10.3. The molecule has 0 amide bonds. The van der Waals surface area contributed by atoms with Gasteiger partial charge in [-0.25, -0.2) is 12.7 Å². The maximum absolute atomic E-state index is 12.5. The first-order valence-corrected chi connectivity index (χ1v) is 9.75. The standard InChI is InChI=1S/C13H13Br2NO2S2/c1-16(7-6-11-3-2-8-19-11)20(17,18)13-5-4-10(14)9-12(13)15/h2-5,8-9H,6-7H2,1H3. The zero-order valence-corrected chi connectivity index (χ0v) is 15.5. The van der Waals surface area contributed by atoms with Gasteiger partial charge >= 0.3 is 0 Å². The molecule has 0 spiro atoms. The first kappa shape index (κ1) is 16.2. The smallest absolute Gasteiger partial charge is 0.207 e. The summed E-state index contributed by atoms with van der Waals surface area (Å²) in [7, 11) is -1.86. The molecule has 2 aromatic rings. The van der Waals surface area contributed by atoms with Crippen molar-refractivity contribution in [1.29, 1.82) is 0 Å². The molecule has 1 heterocycles. The average Bonchev–Trinajstić information content (AvgIpc) is 2.88. The molecule has 3 nitrogen and oxygen atoms in total. The second kappa shape index (κ2) is 6.70. The van der Waals surface area contributed by atoms with Crippen LogP contribution in [0.1, 0.15) is 4.88 Å². The Kier molecular flexibility index (Phi) is 5.42. The second-order valence-corrected chi connectivity index (χ2v) is 9.05. The van der Waals surface area contributed by atoms with Crippen LogP contribution < -0.4 is 0 Å². The summed E-state index contributed by atoms with van der Waals surface area (Å²) in [6, 6.07) is 9.05. The van der Waals surface area contributed by atoms with E-state index in [1.54, 1.807) is 36.6 Å². The highest BCUT2D eigenvalue weighted by Crippen LogP contribution is 2.27. The topological polar surface area (TPSA) is 37.4 Å².